The Morgan fingerprint density at radius 1 is 0.833 bits per heavy atom. The number of benzene rings is 2. The predicted octanol–water partition coefficient (Wildman–Crippen LogP) is 3.43. The molecular formula is C29H36N4O8S. The van der Waals surface area contributed by atoms with E-state index < -0.39 is 11.9 Å². The van der Waals surface area contributed by atoms with Gasteiger partial charge < -0.3 is 34.2 Å². The molecule has 0 bridgehead atoms. The van der Waals surface area contributed by atoms with Crippen LogP contribution in [0.2, 0.25) is 0 Å². The first-order valence-electron chi connectivity index (χ1n) is 13.7. The fourth-order valence-corrected chi connectivity index (χ4v) is 6.14. The van der Waals surface area contributed by atoms with Gasteiger partial charge in [-0.3, -0.25) is 9.69 Å². The number of hydrogen-bond donors (Lipinski definition) is 2. The minimum Gasteiger partial charge on any atom is -0.493 e. The van der Waals surface area contributed by atoms with Crippen molar-refractivity contribution in [2.24, 2.45) is 0 Å². The summed E-state index contributed by atoms with van der Waals surface area (Å²) in [5.41, 5.74) is 2.76. The number of ether oxygens (including phenoxy) is 3. The Hall–Kier alpha value is -4.10. The maximum absolute atomic E-state index is 13.3. The van der Waals surface area contributed by atoms with E-state index >= 15 is 0 Å². The van der Waals surface area contributed by atoms with Crippen LogP contribution in [0.25, 0.3) is 10.2 Å². The number of methoxy groups -OCH3 is 3. The summed E-state index contributed by atoms with van der Waals surface area (Å²) >= 11 is 1.70. The zero-order chi connectivity index (χ0) is 30.2. The molecule has 1 aromatic heterocycles. The average Bonchev–Trinajstić information content (AvgIpc) is 3.45. The fraction of sp³-hybridized carbons (Fsp3) is 0.448. The third-order valence-electron chi connectivity index (χ3n) is 7.27. The van der Waals surface area contributed by atoms with Crippen molar-refractivity contribution in [2.45, 2.75) is 25.8 Å². The van der Waals surface area contributed by atoms with Crippen molar-refractivity contribution in [3.05, 3.63) is 41.5 Å². The highest BCUT2D eigenvalue weighted by molar-refractivity contribution is 7.22. The molecule has 1 amide bonds. The lowest BCUT2D eigenvalue weighted by atomic mass is 10.1. The number of fused-ring (bicyclic) bond motifs is 1. The highest BCUT2D eigenvalue weighted by Gasteiger charge is 2.25. The minimum absolute atomic E-state index is 0.0909. The highest BCUT2D eigenvalue weighted by atomic mass is 32.1. The number of carbonyl (C=O) groups excluding carboxylic acids is 1. The van der Waals surface area contributed by atoms with Crippen molar-refractivity contribution >= 4 is 44.5 Å². The summed E-state index contributed by atoms with van der Waals surface area (Å²) in [7, 11) is 4.88. The molecule has 2 aromatic carbocycles. The van der Waals surface area contributed by atoms with Crippen LogP contribution < -0.4 is 19.1 Å². The summed E-state index contributed by atoms with van der Waals surface area (Å²) in [6.45, 7) is 5.84. The number of carboxylic acid groups (broad SMARTS) is 2. The van der Waals surface area contributed by atoms with E-state index in [1.165, 1.54) is 19.3 Å². The van der Waals surface area contributed by atoms with Crippen molar-refractivity contribution in [2.75, 3.05) is 65.5 Å². The number of carbonyl (C=O) groups is 3. The van der Waals surface area contributed by atoms with Crippen LogP contribution >= 0.6 is 11.3 Å². The summed E-state index contributed by atoms with van der Waals surface area (Å²) in [4.78, 5) is 43.0. The van der Waals surface area contributed by atoms with E-state index in [2.05, 4.69) is 9.80 Å². The molecule has 2 N–H and O–H groups in total. The largest absolute Gasteiger partial charge is 0.493 e. The van der Waals surface area contributed by atoms with Gasteiger partial charge in [-0.25, -0.2) is 14.6 Å². The molecule has 2 fully saturated rings. The summed E-state index contributed by atoms with van der Waals surface area (Å²) in [6.07, 6.45) is 3.75. The van der Waals surface area contributed by atoms with E-state index in [1.807, 2.05) is 35.2 Å². The SMILES string of the molecule is COc1ccc(CN2CCN(C(=O)c3ccc4nc(N5CCCCC5)sc4c3)CC2)c(OC)c1OC.O=C(O)C(=O)O. The van der Waals surface area contributed by atoms with Crippen molar-refractivity contribution < 1.29 is 38.8 Å². The quantitative estimate of drug-likeness (QED) is 0.385. The molecule has 42 heavy (non-hydrogen) atoms. The summed E-state index contributed by atoms with van der Waals surface area (Å²) in [5, 5.41) is 15.9. The molecule has 2 aliphatic heterocycles. The minimum atomic E-state index is -1.82. The van der Waals surface area contributed by atoms with E-state index in [4.69, 9.17) is 39.0 Å². The standard InChI is InChI=1S/C27H34N4O4S.C2H2O4/c1-33-22-10-8-20(24(34-2)25(22)35-3)18-29-13-15-30(16-14-29)26(32)19-7-9-21-23(17-19)36-27(28-21)31-11-5-4-6-12-31;3-1(4)2(5)6/h7-10,17H,4-6,11-16,18H2,1-3H3;(H,3,4)(H,5,6). The van der Waals surface area contributed by atoms with E-state index in [-0.39, 0.29) is 5.91 Å². The monoisotopic (exact) mass is 600 g/mol. The van der Waals surface area contributed by atoms with Gasteiger partial charge in [0.15, 0.2) is 16.6 Å². The van der Waals surface area contributed by atoms with Gasteiger partial charge in [-0.05, 0) is 43.5 Å². The van der Waals surface area contributed by atoms with Crippen molar-refractivity contribution in [3.63, 3.8) is 0 Å². The number of rotatable bonds is 7. The molecule has 13 heteroatoms. The maximum atomic E-state index is 13.3. The Labute approximate surface area is 248 Å². The lowest BCUT2D eigenvalue weighted by Gasteiger charge is -2.35. The van der Waals surface area contributed by atoms with E-state index in [0.717, 1.165) is 59.2 Å². The van der Waals surface area contributed by atoms with E-state index in [1.54, 1.807) is 32.7 Å². The number of thiazole rings is 1. The summed E-state index contributed by atoms with van der Waals surface area (Å²) in [6, 6.07) is 9.85. The highest BCUT2D eigenvalue weighted by Crippen LogP contribution is 2.40. The third kappa shape index (κ3) is 7.21. The van der Waals surface area contributed by atoms with Crippen molar-refractivity contribution in [1.82, 2.24) is 14.8 Å². The number of aromatic nitrogens is 1. The normalized spacial score (nSPS) is 15.5. The zero-order valence-electron chi connectivity index (χ0n) is 24.0. The van der Waals surface area contributed by atoms with Gasteiger partial charge in [0.05, 0.1) is 31.5 Å². The third-order valence-corrected chi connectivity index (χ3v) is 8.35. The predicted molar refractivity (Wildman–Crippen MR) is 158 cm³/mol. The number of nitrogens with zero attached hydrogens (tertiary/aromatic N) is 4. The van der Waals surface area contributed by atoms with Crippen LogP contribution in [0, 0.1) is 0 Å². The van der Waals surface area contributed by atoms with Crippen molar-refractivity contribution in [3.8, 4) is 17.2 Å². The van der Waals surface area contributed by atoms with Crippen LogP contribution in [-0.2, 0) is 16.1 Å². The smallest absolute Gasteiger partial charge is 0.414 e. The van der Waals surface area contributed by atoms with E-state index in [9.17, 15) is 4.79 Å². The molecule has 2 saturated heterocycles. The maximum Gasteiger partial charge on any atom is 0.414 e. The first-order chi connectivity index (χ1) is 20.2. The first-order valence-corrected chi connectivity index (χ1v) is 14.5. The molecule has 3 heterocycles. The van der Waals surface area contributed by atoms with Crippen LogP contribution in [0.3, 0.4) is 0 Å². The topological polar surface area (TPSA) is 142 Å². The molecule has 226 valence electrons. The molecule has 0 unspecified atom stereocenters. The Kier molecular flexibility index (Phi) is 10.4. The van der Waals surface area contributed by atoms with Crippen molar-refractivity contribution in [1.29, 1.82) is 0 Å². The Morgan fingerprint density at radius 3 is 2.10 bits per heavy atom. The molecule has 5 rings (SSSR count). The van der Waals surface area contributed by atoms with Crippen LogP contribution in [0.1, 0.15) is 35.2 Å². The summed E-state index contributed by atoms with van der Waals surface area (Å²) < 4.78 is 17.6. The van der Waals surface area contributed by atoms with E-state index in [0.29, 0.717) is 30.3 Å². The van der Waals surface area contributed by atoms with Gasteiger partial charge in [0.2, 0.25) is 5.75 Å². The number of aliphatic carboxylic acids is 2. The lowest BCUT2D eigenvalue weighted by molar-refractivity contribution is -0.159. The molecule has 0 radical (unpaired) electrons. The fourth-order valence-electron chi connectivity index (χ4n) is 5.09. The number of anilines is 1. The molecule has 2 aliphatic rings. The second-order valence-corrected chi connectivity index (χ2v) is 10.9. The molecule has 12 nitrogen and oxygen atoms in total. The van der Waals surface area contributed by atoms with Crippen LogP contribution in [0.15, 0.2) is 30.3 Å². The second-order valence-electron chi connectivity index (χ2n) is 9.90. The molecule has 0 saturated carbocycles. The van der Waals surface area contributed by atoms with Gasteiger partial charge >= 0.3 is 11.9 Å². The molecular weight excluding hydrogens is 564 g/mol. The van der Waals surface area contributed by atoms with Gasteiger partial charge in [0.25, 0.3) is 5.91 Å². The number of carboxylic acids is 2. The molecule has 0 spiro atoms. The average molecular weight is 601 g/mol. The first kappa shape index (κ1) is 30.8. The van der Waals surface area contributed by atoms with Gasteiger partial charge in [-0.15, -0.1) is 0 Å². The van der Waals surface area contributed by atoms with Crippen LogP contribution in [-0.4, -0.2) is 103 Å². The number of amides is 1. The number of piperazine rings is 1. The van der Waals surface area contributed by atoms with Crippen LogP contribution in [0.4, 0.5) is 5.13 Å². The molecule has 3 aromatic rings. The Balaban J connectivity index is 0.000000612. The number of hydrogen-bond acceptors (Lipinski definition) is 10. The molecule has 0 aliphatic carbocycles. The molecule has 0 atom stereocenters. The van der Waals surface area contributed by atoms with Gasteiger partial charge in [-0.1, -0.05) is 17.4 Å². The Bertz CT molecular complexity index is 1400. The van der Waals surface area contributed by atoms with Gasteiger partial charge in [0.1, 0.15) is 0 Å². The van der Waals surface area contributed by atoms with Crippen LogP contribution in [0.5, 0.6) is 17.2 Å². The lowest BCUT2D eigenvalue weighted by Crippen LogP contribution is -2.48. The second kappa shape index (κ2) is 14.2. The number of piperidine rings is 1. The van der Waals surface area contributed by atoms with Gasteiger partial charge in [-0.2, -0.15) is 0 Å². The summed E-state index contributed by atoms with van der Waals surface area (Å²) in [5.74, 6) is -1.61. The Morgan fingerprint density at radius 2 is 1.50 bits per heavy atom. The zero-order valence-corrected chi connectivity index (χ0v) is 24.8. The van der Waals surface area contributed by atoms with Gasteiger partial charge in [0, 0.05) is 56.9 Å².